The first-order valence-electron chi connectivity index (χ1n) is 9.43. The van der Waals surface area contributed by atoms with Gasteiger partial charge in [-0.15, -0.1) is 0 Å². The summed E-state index contributed by atoms with van der Waals surface area (Å²) in [6, 6.07) is 8.60. The first kappa shape index (κ1) is 19.3. The molecule has 2 aliphatic rings. The number of piperidine rings is 1. The number of nitrogens with zero attached hydrogens (tertiary/aromatic N) is 2. The maximum Gasteiger partial charge on any atom is 0.243 e. The van der Waals surface area contributed by atoms with Crippen molar-refractivity contribution in [3.63, 3.8) is 0 Å². The zero-order valence-corrected chi connectivity index (χ0v) is 16.2. The fourth-order valence-electron chi connectivity index (χ4n) is 3.90. The lowest BCUT2D eigenvalue weighted by Gasteiger charge is -2.38. The van der Waals surface area contributed by atoms with Gasteiger partial charge in [-0.1, -0.05) is 31.5 Å². The van der Waals surface area contributed by atoms with Crippen molar-refractivity contribution in [1.29, 1.82) is 0 Å². The Bertz CT molecular complexity index is 702. The second-order valence-electron chi connectivity index (χ2n) is 7.09. The third-order valence-corrected chi connectivity index (χ3v) is 7.44. The van der Waals surface area contributed by atoms with Crippen molar-refractivity contribution in [3.05, 3.63) is 30.3 Å². The minimum atomic E-state index is -3.46. The summed E-state index contributed by atoms with van der Waals surface area (Å²) in [5, 5.41) is 0. The van der Waals surface area contributed by atoms with Crippen molar-refractivity contribution < 1.29 is 17.9 Å². The van der Waals surface area contributed by atoms with E-state index in [4.69, 9.17) is 4.74 Å². The Morgan fingerprint density at radius 1 is 1.12 bits per heavy atom. The lowest BCUT2D eigenvalue weighted by atomic mass is 9.82. The molecule has 26 heavy (non-hydrogen) atoms. The summed E-state index contributed by atoms with van der Waals surface area (Å²) in [5.41, 5.74) is 0. The lowest BCUT2D eigenvalue weighted by molar-refractivity contribution is -0.137. The van der Waals surface area contributed by atoms with Gasteiger partial charge in [-0.2, -0.15) is 4.31 Å². The molecule has 0 N–H and O–H groups in total. The van der Waals surface area contributed by atoms with Crippen LogP contribution >= 0.6 is 0 Å². The summed E-state index contributed by atoms with van der Waals surface area (Å²) in [7, 11) is -3.46. The molecule has 0 saturated carbocycles. The largest absolute Gasteiger partial charge is 0.378 e. The highest BCUT2D eigenvalue weighted by Crippen LogP contribution is 2.32. The third kappa shape index (κ3) is 4.27. The maximum absolute atomic E-state index is 12.9. The van der Waals surface area contributed by atoms with Crippen LogP contribution < -0.4 is 0 Å². The van der Waals surface area contributed by atoms with Gasteiger partial charge in [-0.05, 0) is 30.4 Å². The number of rotatable bonds is 5. The van der Waals surface area contributed by atoms with E-state index < -0.39 is 10.0 Å². The Labute approximate surface area is 156 Å². The molecule has 2 atom stereocenters. The molecule has 2 aliphatic heterocycles. The molecule has 2 saturated heterocycles. The molecule has 144 valence electrons. The summed E-state index contributed by atoms with van der Waals surface area (Å²) in [4.78, 5) is 14.8. The Morgan fingerprint density at radius 3 is 2.46 bits per heavy atom. The van der Waals surface area contributed by atoms with Crippen LogP contribution in [0, 0.1) is 11.8 Å². The number of benzene rings is 1. The first-order chi connectivity index (χ1) is 12.5. The average molecular weight is 381 g/mol. The molecule has 1 aromatic carbocycles. The standard InChI is InChI=1S/C19H28N2O4S/c1-2-16-15-21(26(23,24)18-6-4-3-5-7-18)9-8-17(16)14-19(22)20-10-12-25-13-11-20/h3-7,16-17H,2,8-15H2,1H3/t16-,17+/m1/s1. The molecule has 7 heteroatoms. The number of ether oxygens (including phenoxy) is 1. The number of carbonyl (C=O) groups excluding carboxylic acids is 1. The molecule has 0 aliphatic carbocycles. The molecule has 3 rings (SSSR count). The van der Waals surface area contributed by atoms with Crippen molar-refractivity contribution in [2.45, 2.75) is 31.1 Å². The zero-order chi connectivity index (χ0) is 18.6. The van der Waals surface area contributed by atoms with Crippen LogP contribution in [0.25, 0.3) is 0 Å². The van der Waals surface area contributed by atoms with Crippen LogP contribution in [0.3, 0.4) is 0 Å². The molecular weight excluding hydrogens is 352 g/mol. The van der Waals surface area contributed by atoms with Crippen molar-refractivity contribution in [2.24, 2.45) is 11.8 Å². The van der Waals surface area contributed by atoms with Crippen LogP contribution in [-0.2, 0) is 19.6 Å². The summed E-state index contributed by atoms with van der Waals surface area (Å²) in [5.74, 6) is 0.640. The van der Waals surface area contributed by atoms with Crippen LogP contribution in [-0.4, -0.2) is 62.9 Å². The highest BCUT2D eigenvalue weighted by molar-refractivity contribution is 7.89. The van der Waals surface area contributed by atoms with Gasteiger partial charge in [-0.25, -0.2) is 8.42 Å². The van der Waals surface area contributed by atoms with Gasteiger partial charge in [0, 0.05) is 32.6 Å². The minimum absolute atomic E-state index is 0.177. The van der Waals surface area contributed by atoms with Crippen LogP contribution in [0.5, 0.6) is 0 Å². The van der Waals surface area contributed by atoms with Gasteiger partial charge >= 0.3 is 0 Å². The Hall–Kier alpha value is -1.44. The molecule has 0 bridgehead atoms. The van der Waals surface area contributed by atoms with E-state index in [1.807, 2.05) is 11.0 Å². The molecule has 0 radical (unpaired) electrons. The fourth-order valence-corrected chi connectivity index (χ4v) is 5.44. The summed E-state index contributed by atoms with van der Waals surface area (Å²) in [6.07, 6.45) is 2.13. The van der Waals surface area contributed by atoms with Gasteiger partial charge in [0.15, 0.2) is 0 Å². The van der Waals surface area contributed by atoms with Gasteiger partial charge in [0.2, 0.25) is 15.9 Å². The third-order valence-electron chi connectivity index (χ3n) is 5.56. The van der Waals surface area contributed by atoms with Crippen LogP contribution in [0.1, 0.15) is 26.2 Å². The van der Waals surface area contributed by atoms with Crippen LogP contribution in [0.4, 0.5) is 0 Å². The number of morpholine rings is 1. The van der Waals surface area contributed by atoms with Gasteiger partial charge in [0.1, 0.15) is 0 Å². The molecule has 0 aromatic heterocycles. The predicted molar refractivity (Wildman–Crippen MR) is 99.1 cm³/mol. The van der Waals surface area contributed by atoms with Gasteiger partial charge in [0.25, 0.3) is 0 Å². The minimum Gasteiger partial charge on any atom is -0.378 e. The van der Waals surface area contributed by atoms with E-state index >= 15 is 0 Å². The molecule has 2 heterocycles. The van der Waals surface area contributed by atoms with E-state index in [0.717, 1.165) is 12.8 Å². The average Bonchev–Trinajstić information content (AvgIpc) is 2.69. The second-order valence-corrected chi connectivity index (χ2v) is 9.03. The molecule has 0 unspecified atom stereocenters. The molecule has 0 spiro atoms. The van der Waals surface area contributed by atoms with Crippen molar-refractivity contribution in [2.75, 3.05) is 39.4 Å². The summed E-state index contributed by atoms with van der Waals surface area (Å²) < 4.78 is 32.6. The maximum atomic E-state index is 12.9. The summed E-state index contributed by atoms with van der Waals surface area (Å²) >= 11 is 0. The Kier molecular flexibility index (Phi) is 6.32. The Morgan fingerprint density at radius 2 is 1.81 bits per heavy atom. The smallest absolute Gasteiger partial charge is 0.243 e. The fraction of sp³-hybridized carbons (Fsp3) is 0.632. The molecular formula is C19H28N2O4S. The highest BCUT2D eigenvalue weighted by atomic mass is 32.2. The van der Waals surface area contributed by atoms with Crippen molar-refractivity contribution in [3.8, 4) is 0 Å². The summed E-state index contributed by atoms with van der Waals surface area (Å²) in [6.45, 7) is 5.60. The molecule has 1 amide bonds. The number of carbonyl (C=O) groups is 1. The normalized spacial score (nSPS) is 25.2. The van der Waals surface area contributed by atoms with Crippen LogP contribution in [0.2, 0.25) is 0 Å². The predicted octanol–water partition coefficient (Wildman–Crippen LogP) is 1.97. The van der Waals surface area contributed by atoms with E-state index in [0.29, 0.717) is 50.7 Å². The van der Waals surface area contributed by atoms with Gasteiger partial charge in [0.05, 0.1) is 18.1 Å². The first-order valence-corrected chi connectivity index (χ1v) is 10.9. The Balaban J connectivity index is 1.64. The molecule has 6 nitrogen and oxygen atoms in total. The van der Waals surface area contributed by atoms with E-state index in [1.54, 1.807) is 28.6 Å². The lowest BCUT2D eigenvalue weighted by Crippen LogP contribution is -2.46. The topological polar surface area (TPSA) is 66.9 Å². The monoisotopic (exact) mass is 380 g/mol. The van der Waals surface area contributed by atoms with Crippen LogP contribution in [0.15, 0.2) is 35.2 Å². The quantitative estimate of drug-likeness (QED) is 0.783. The van der Waals surface area contributed by atoms with Crippen molar-refractivity contribution in [1.82, 2.24) is 9.21 Å². The SMILES string of the molecule is CC[C@@H]1CN(S(=O)(=O)c2ccccc2)CC[C@H]1CC(=O)N1CCOCC1. The molecule has 2 fully saturated rings. The van der Waals surface area contributed by atoms with E-state index in [2.05, 4.69) is 6.92 Å². The highest BCUT2D eigenvalue weighted by Gasteiger charge is 2.36. The van der Waals surface area contributed by atoms with E-state index in [1.165, 1.54) is 0 Å². The van der Waals surface area contributed by atoms with E-state index in [-0.39, 0.29) is 17.7 Å². The van der Waals surface area contributed by atoms with E-state index in [9.17, 15) is 13.2 Å². The zero-order valence-electron chi connectivity index (χ0n) is 15.3. The van der Waals surface area contributed by atoms with Gasteiger partial charge in [-0.3, -0.25) is 4.79 Å². The second kappa shape index (κ2) is 8.50. The number of sulfonamides is 1. The molecule has 1 aromatic rings. The number of hydrogen-bond acceptors (Lipinski definition) is 4. The number of hydrogen-bond donors (Lipinski definition) is 0. The van der Waals surface area contributed by atoms with Gasteiger partial charge < -0.3 is 9.64 Å². The van der Waals surface area contributed by atoms with Crippen molar-refractivity contribution >= 4 is 15.9 Å². The number of amides is 1.